The van der Waals surface area contributed by atoms with Gasteiger partial charge in [-0.2, -0.15) is 0 Å². The highest BCUT2D eigenvalue weighted by atomic mass is 35.5. The molecule has 0 radical (unpaired) electrons. The summed E-state index contributed by atoms with van der Waals surface area (Å²) in [6.07, 6.45) is 2.44. The Labute approximate surface area is 94.7 Å². The number of hydrogen-bond acceptors (Lipinski definition) is 2. The van der Waals surface area contributed by atoms with E-state index in [-0.39, 0.29) is 12.2 Å². The molecule has 1 aromatic rings. The molecular formula is C12H14ClNO. The Kier molecular flexibility index (Phi) is 4.53. The average molecular weight is 224 g/mol. The monoisotopic (exact) mass is 223 g/mol. The molecule has 1 aromatic carbocycles. The molecule has 1 unspecified atom stereocenters. The van der Waals surface area contributed by atoms with E-state index >= 15 is 0 Å². The van der Waals surface area contributed by atoms with Crippen LogP contribution < -0.4 is 5.73 Å². The van der Waals surface area contributed by atoms with E-state index in [0.717, 1.165) is 5.56 Å². The Balaban J connectivity index is 2.66. The third-order valence-corrected chi connectivity index (χ3v) is 2.53. The normalized spacial score (nSPS) is 12.1. The number of halogens is 1. The van der Waals surface area contributed by atoms with Gasteiger partial charge in [-0.05, 0) is 18.1 Å². The lowest BCUT2D eigenvalue weighted by Crippen LogP contribution is -2.31. The number of carbonyl (C=O) groups excluding carboxylic acids is 1. The molecule has 0 heterocycles. The zero-order valence-electron chi connectivity index (χ0n) is 8.45. The van der Waals surface area contributed by atoms with Crippen LogP contribution in [0, 0.1) is 0 Å². The summed E-state index contributed by atoms with van der Waals surface area (Å²) >= 11 is 5.94. The molecule has 2 nitrogen and oxygen atoms in total. The van der Waals surface area contributed by atoms with Crippen LogP contribution in [0.25, 0.3) is 0 Å². The highest BCUT2D eigenvalue weighted by molar-refractivity contribution is 6.31. The summed E-state index contributed by atoms with van der Waals surface area (Å²) in [5, 5.41) is 0.608. The van der Waals surface area contributed by atoms with E-state index in [2.05, 4.69) is 6.58 Å². The predicted octanol–water partition coefficient (Wildman–Crippen LogP) is 2.36. The topological polar surface area (TPSA) is 43.1 Å². The van der Waals surface area contributed by atoms with Crippen molar-refractivity contribution in [3.05, 3.63) is 47.5 Å². The minimum Gasteiger partial charge on any atom is -0.321 e. The molecule has 0 saturated carbocycles. The van der Waals surface area contributed by atoms with E-state index in [1.807, 2.05) is 18.2 Å². The minimum atomic E-state index is -0.473. The van der Waals surface area contributed by atoms with Crippen LogP contribution in [0.15, 0.2) is 36.9 Å². The van der Waals surface area contributed by atoms with Crippen molar-refractivity contribution in [2.24, 2.45) is 5.73 Å². The van der Waals surface area contributed by atoms with Gasteiger partial charge >= 0.3 is 0 Å². The zero-order chi connectivity index (χ0) is 11.3. The first kappa shape index (κ1) is 12.0. The Bertz CT molecular complexity index is 362. The minimum absolute atomic E-state index is 0.0111. The molecule has 0 aliphatic heterocycles. The van der Waals surface area contributed by atoms with Crippen molar-refractivity contribution in [2.45, 2.75) is 18.9 Å². The smallest absolute Gasteiger partial charge is 0.154 e. The second-order valence-corrected chi connectivity index (χ2v) is 3.77. The van der Waals surface area contributed by atoms with Crippen molar-refractivity contribution in [3.8, 4) is 0 Å². The van der Waals surface area contributed by atoms with Crippen molar-refractivity contribution in [1.82, 2.24) is 0 Å². The van der Waals surface area contributed by atoms with Gasteiger partial charge in [0.05, 0.1) is 6.04 Å². The molecule has 0 aromatic heterocycles. The second kappa shape index (κ2) is 5.69. The molecule has 0 spiro atoms. The number of rotatable bonds is 5. The van der Waals surface area contributed by atoms with Crippen LogP contribution in [0.4, 0.5) is 0 Å². The van der Waals surface area contributed by atoms with Crippen LogP contribution in [-0.2, 0) is 11.2 Å². The molecule has 1 atom stereocenters. The Morgan fingerprint density at radius 1 is 1.53 bits per heavy atom. The Hall–Kier alpha value is -1.12. The van der Waals surface area contributed by atoms with E-state index in [1.54, 1.807) is 12.1 Å². The van der Waals surface area contributed by atoms with Gasteiger partial charge in [0.1, 0.15) is 0 Å². The largest absolute Gasteiger partial charge is 0.321 e. The van der Waals surface area contributed by atoms with Gasteiger partial charge in [0.2, 0.25) is 0 Å². The van der Waals surface area contributed by atoms with Crippen LogP contribution in [0.1, 0.15) is 12.0 Å². The first-order valence-electron chi connectivity index (χ1n) is 4.77. The van der Waals surface area contributed by atoms with Crippen molar-refractivity contribution >= 4 is 17.4 Å². The molecule has 15 heavy (non-hydrogen) atoms. The highest BCUT2D eigenvalue weighted by Gasteiger charge is 2.13. The Morgan fingerprint density at radius 2 is 2.20 bits per heavy atom. The highest BCUT2D eigenvalue weighted by Crippen LogP contribution is 2.16. The maximum Gasteiger partial charge on any atom is 0.154 e. The average Bonchev–Trinajstić information content (AvgIpc) is 2.21. The summed E-state index contributed by atoms with van der Waals surface area (Å²) in [6, 6.07) is 6.82. The van der Waals surface area contributed by atoms with Crippen molar-refractivity contribution < 1.29 is 4.79 Å². The molecule has 0 fully saturated rings. The first-order chi connectivity index (χ1) is 7.15. The second-order valence-electron chi connectivity index (χ2n) is 3.37. The van der Waals surface area contributed by atoms with Gasteiger partial charge < -0.3 is 5.73 Å². The molecule has 1 rings (SSSR count). The summed E-state index contributed by atoms with van der Waals surface area (Å²) in [5.41, 5.74) is 6.48. The lowest BCUT2D eigenvalue weighted by Gasteiger charge is -2.08. The van der Waals surface area contributed by atoms with Crippen LogP contribution >= 0.6 is 11.6 Å². The SMILES string of the molecule is C=CCC(N)C(=O)Cc1ccccc1Cl. The number of nitrogens with two attached hydrogens (primary N) is 1. The number of Topliss-reactive ketones (excluding diaryl/α,β-unsaturated/α-hetero) is 1. The molecule has 80 valence electrons. The fourth-order valence-corrected chi connectivity index (χ4v) is 1.47. The fraction of sp³-hybridized carbons (Fsp3) is 0.250. The van der Waals surface area contributed by atoms with Crippen LogP contribution in [-0.4, -0.2) is 11.8 Å². The lowest BCUT2D eigenvalue weighted by molar-refractivity contribution is -0.119. The van der Waals surface area contributed by atoms with Crippen molar-refractivity contribution in [3.63, 3.8) is 0 Å². The molecule has 0 saturated heterocycles. The number of hydrogen-bond donors (Lipinski definition) is 1. The van der Waals surface area contributed by atoms with E-state index < -0.39 is 6.04 Å². The number of carbonyl (C=O) groups is 1. The fourth-order valence-electron chi connectivity index (χ4n) is 1.27. The van der Waals surface area contributed by atoms with Crippen molar-refractivity contribution in [1.29, 1.82) is 0 Å². The van der Waals surface area contributed by atoms with Crippen molar-refractivity contribution in [2.75, 3.05) is 0 Å². The summed E-state index contributed by atoms with van der Waals surface area (Å²) in [4.78, 5) is 11.6. The quantitative estimate of drug-likeness (QED) is 0.779. The van der Waals surface area contributed by atoms with Crippen LogP contribution in [0.3, 0.4) is 0 Å². The molecule has 0 bridgehead atoms. The third kappa shape index (κ3) is 3.50. The van der Waals surface area contributed by atoms with Gasteiger partial charge in [-0.25, -0.2) is 0 Å². The van der Waals surface area contributed by atoms with E-state index in [1.165, 1.54) is 0 Å². The maximum absolute atomic E-state index is 11.6. The number of ketones is 1. The number of benzene rings is 1. The maximum atomic E-state index is 11.6. The van der Waals surface area contributed by atoms with Gasteiger partial charge in [-0.3, -0.25) is 4.79 Å². The van der Waals surface area contributed by atoms with Gasteiger partial charge in [0.15, 0.2) is 5.78 Å². The molecular weight excluding hydrogens is 210 g/mol. The van der Waals surface area contributed by atoms with E-state index in [9.17, 15) is 4.79 Å². The third-order valence-electron chi connectivity index (χ3n) is 2.16. The zero-order valence-corrected chi connectivity index (χ0v) is 9.20. The molecule has 2 N–H and O–H groups in total. The molecule has 0 amide bonds. The summed E-state index contributed by atoms with van der Waals surface area (Å²) in [5.74, 6) is -0.0111. The Morgan fingerprint density at radius 3 is 2.80 bits per heavy atom. The standard InChI is InChI=1S/C12H14ClNO/c1-2-5-11(14)12(15)8-9-6-3-4-7-10(9)13/h2-4,6-7,11H,1,5,8,14H2. The molecule has 3 heteroatoms. The lowest BCUT2D eigenvalue weighted by atomic mass is 10.0. The first-order valence-corrected chi connectivity index (χ1v) is 5.15. The van der Waals surface area contributed by atoms with Gasteiger partial charge in [0.25, 0.3) is 0 Å². The summed E-state index contributed by atoms with van der Waals surface area (Å²) in [7, 11) is 0. The summed E-state index contributed by atoms with van der Waals surface area (Å²) in [6.45, 7) is 3.55. The van der Waals surface area contributed by atoms with Gasteiger partial charge in [-0.15, -0.1) is 6.58 Å². The van der Waals surface area contributed by atoms with E-state index in [0.29, 0.717) is 11.4 Å². The van der Waals surface area contributed by atoms with Crippen LogP contribution in [0.5, 0.6) is 0 Å². The van der Waals surface area contributed by atoms with E-state index in [4.69, 9.17) is 17.3 Å². The molecule has 0 aliphatic carbocycles. The predicted molar refractivity (Wildman–Crippen MR) is 63.0 cm³/mol. The van der Waals surface area contributed by atoms with Gasteiger partial charge in [0, 0.05) is 11.4 Å². The van der Waals surface area contributed by atoms with Gasteiger partial charge in [-0.1, -0.05) is 35.9 Å². The summed E-state index contributed by atoms with van der Waals surface area (Å²) < 4.78 is 0. The molecule has 0 aliphatic rings. The van der Waals surface area contributed by atoms with Crippen LogP contribution in [0.2, 0.25) is 5.02 Å².